The van der Waals surface area contributed by atoms with E-state index >= 15 is 0 Å². The molecule has 25 heavy (non-hydrogen) atoms. The van der Waals surface area contributed by atoms with Gasteiger partial charge in [0.2, 0.25) is 0 Å². The van der Waals surface area contributed by atoms with E-state index in [0.29, 0.717) is 19.1 Å². The Bertz CT molecular complexity index is 458. The number of pyridine rings is 1. The molecule has 0 aliphatic rings. The Labute approximate surface area is 169 Å². The Kier molecular flexibility index (Phi) is 14.5. The Hall–Kier alpha value is -1.09. The van der Waals surface area contributed by atoms with E-state index in [1.165, 1.54) is 0 Å². The summed E-state index contributed by atoms with van der Waals surface area (Å²) in [5.41, 5.74) is 0. The second-order valence-corrected chi connectivity index (χ2v) is 5.75. The largest absolute Gasteiger partial charge is 0.490 e. The van der Waals surface area contributed by atoms with Crippen molar-refractivity contribution in [2.24, 2.45) is 10.9 Å². The second kappa shape index (κ2) is 15.2. The van der Waals surface area contributed by atoms with E-state index in [2.05, 4.69) is 41.4 Å². The van der Waals surface area contributed by atoms with Gasteiger partial charge in [0.25, 0.3) is 0 Å². The van der Waals surface area contributed by atoms with Crippen LogP contribution in [0.5, 0.6) is 5.75 Å². The van der Waals surface area contributed by atoms with Crippen LogP contribution in [-0.4, -0.2) is 49.9 Å². The number of hydrogen-bond acceptors (Lipinski definition) is 4. The molecule has 1 atom stereocenters. The van der Waals surface area contributed by atoms with Crippen molar-refractivity contribution in [3.05, 3.63) is 24.5 Å². The van der Waals surface area contributed by atoms with Gasteiger partial charge >= 0.3 is 0 Å². The summed E-state index contributed by atoms with van der Waals surface area (Å²) in [6.45, 7) is 12.0. The smallest absolute Gasteiger partial charge is 0.191 e. The minimum absolute atomic E-state index is 0. The summed E-state index contributed by atoms with van der Waals surface area (Å²) < 4.78 is 11.4. The monoisotopic (exact) mass is 464 g/mol. The zero-order chi connectivity index (χ0) is 17.6. The highest BCUT2D eigenvalue weighted by Gasteiger charge is 2.12. The summed E-state index contributed by atoms with van der Waals surface area (Å²) >= 11 is 0. The fourth-order valence-electron chi connectivity index (χ4n) is 2.24. The van der Waals surface area contributed by atoms with Gasteiger partial charge in [-0.3, -0.25) is 9.98 Å². The third kappa shape index (κ3) is 11.2. The molecule has 2 N–H and O–H groups in total. The molecule has 7 heteroatoms. The molecule has 1 unspecified atom stereocenters. The zero-order valence-corrected chi connectivity index (χ0v) is 18.2. The lowest BCUT2D eigenvalue weighted by Gasteiger charge is -2.20. The Morgan fingerprint density at radius 3 is 2.68 bits per heavy atom. The Morgan fingerprint density at radius 1 is 1.28 bits per heavy atom. The van der Waals surface area contributed by atoms with E-state index in [4.69, 9.17) is 9.47 Å². The van der Waals surface area contributed by atoms with Crippen LogP contribution in [0.25, 0.3) is 0 Å². The van der Waals surface area contributed by atoms with E-state index in [1.54, 1.807) is 12.4 Å². The van der Waals surface area contributed by atoms with Crippen LogP contribution in [0, 0.1) is 5.92 Å². The van der Waals surface area contributed by atoms with Crippen molar-refractivity contribution in [3.63, 3.8) is 0 Å². The first-order valence-electron chi connectivity index (χ1n) is 8.84. The van der Waals surface area contributed by atoms with Crippen LogP contribution in [0.2, 0.25) is 0 Å². The van der Waals surface area contributed by atoms with Gasteiger partial charge in [-0.15, -0.1) is 24.0 Å². The number of halogens is 1. The van der Waals surface area contributed by atoms with Crippen molar-refractivity contribution in [1.29, 1.82) is 0 Å². The average Bonchev–Trinajstić information content (AvgIpc) is 2.58. The first-order chi connectivity index (χ1) is 11.7. The van der Waals surface area contributed by atoms with Crippen LogP contribution in [0.15, 0.2) is 29.5 Å². The van der Waals surface area contributed by atoms with Gasteiger partial charge in [0.15, 0.2) is 5.96 Å². The molecule has 0 bridgehead atoms. The highest BCUT2D eigenvalue weighted by molar-refractivity contribution is 14.0. The molecule has 1 rings (SSSR count). The predicted molar refractivity (Wildman–Crippen MR) is 114 cm³/mol. The molecule has 1 heterocycles. The van der Waals surface area contributed by atoms with Gasteiger partial charge in [-0.2, -0.15) is 0 Å². The van der Waals surface area contributed by atoms with Crippen LogP contribution in [0.4, 0.5) is 0 Å². The van der Waals surface area contributed by atoms with Crippen LogP contribution < -0.4 is 15.4 Å². The standard InChI is InChI=1S/C18H32N4O2.HI/c1-5-20-18(21-11-9-17(15(3)4)23-6-2)22-12-13-24-16-8-7-10-19-14-16;/h7-8,10,14-15,17H,5-6,9,11-13H2,1-4H3,(H2,20,21,22);1H. The lowest BCUT2D eigenvalue weighted by Crippen LogP contribution is -2.39. The number of nitrogens with zero attached hydrogens (tertiary/aromatic N) is 2. The van der Waals surface area contributed by atoms with E-state index in [0.717, 1.165) is 37.8 Å². The maximum atomic E-state index is 5.76. The third-order valence-corrected chi connectivity index (χ3v) is 3.45. The van der Waals surface area contributed by atoms with E-state index in [-0.39, 0.29) is 30.1 Å². The number of hydrogen-bond donors (Lipinski definition) is 2. The quantitative estimate of drug-likeness (QED) is 0.228. The molecule has 0 amide bonds. The number of rotatable bonds is 11. The van der Waals surface area contributed by atoms with Crippen molar-refractivity contribution in [1.82, 2.24) is 15.6 Å². The molecule has 0 aliphatic heterocycles. The summed E-state index contributed by atoms with van der Waals surface area (Å²) in [5.74, 6) is 2.09. The molecule has 0 aliphatic carbocycles. The van der Waals surface area contributed by atoms with Crippen LogP contribution in [-0.2, 0) is 4.74 Å². The summed E-state index contributed by atoms with van der Waals surface area (Å²) in [4.78, 5) is 8.63. The molecule has 0 fully saturated rings. The number of aliphatic imine (C=N–C) groups is 1. The van der Waals surface area contributed by atoms with E-state index in [9.17, 15) is 0 Å². The molecule has 0 radical (unpaired) electrons. The molecule has 144 valence electrons. The first kappa shape index (κ1) is 23.9. The second-order valence-electron chi connectivity index (χ2n) is 5.75. The summed E-state index contributed by atoms with van der Waals surface area (Å²) in [6, 6.07) is 3.75. The minimum atomic E-state index is 0. The van der Waals surface area contributed by atoms with Crippen molar-refractivity contribution in [2.45, 2.75) is 40.2 Å². The fourth-order valence-corrected chi connectivity index (χ4v) is 2.24. The molecule has 1 aromatic heterocycles. The zero-order valence-electron chi connectivity index (χ0n) is 15.8. The van der Waals surface area contributed by atoms with Gasteiger partial charge in [0, 0.05) is 25.9 Å². The van der Waals surface area contributed by atoms with Crippen LogP contribution >= 0.6 is 24.0 Å². The number of aromatic nitrogens is 1. The maximum Gasteiger partial charge on any atom is 0.191 e. The van der Waals surface area contributed by atoms with Gasteiger partial charge in [-0.1, -0.05) is 13.8 Å². The lowest BCUT2D eigenvalue weighted by atomic mass is 10.0. The third-order valence-electron chi connectivity index (χ3n) is 3.45. The Balaban J connectivity index is 0.00000576. The van der Waals surface area contributed by atoms with Crippen molar-refractivity contribution in [2.75, 3.05) is 32.8 Å². The van der Waals surface area contributed by atoms with Gasteiger partial charge in [-0.05, 0) is 38.3 Å². The molecular formula is C18H33IN4O2. The van der Waals surface area contributed by atoms with Gasteiger partial charge < -0.3 is 20.1 Å². The number of ether oxygens (including phenoxy) is 2. The maximum absolute atomic E-state index is 5.76. The fraction of sp³-hybridized carbons (Fsp3) is 0.667. The van der Waals surface area contributed by atoms with E-state index < -0.39 is 0 Å². The predicted octanol–water partition coefficient (Wildman–Crippen LogP) is 3.08. The normalized spacial score (nSPS) is 12.4. The van der Waals surface area contributed by atoms with Gasteiger partial charge in [-0.25, -0.2) is 0 Å². The Morgan fingerprint density at radius 2 is 2.08 bits per heavy atom. The molecule has 6 nitrogen and oxygen atoms in total. The van der Waals surface area contributed by atoms with E-state index in [1.807, 2.05) is 19.1 Å². The molecular weight excluding hydrogens is 431 g/mol. The molecule has 0 saturated heterocycles. The van der Waals surface area contributed by atoms with Gasteiger partial charge in [0.1, 0.15) is 12.4 Å². The van der Waals surface area contributed by atoms with Crippen molar-refractivity contribution < 1.29 is 9.47 Å². The summed E-state index contributed by atoms with van der Waals surface area (Å²) in [5, 5.41) is 6.52. The number of nitrogens with one attached hydrogen (secondary N) is 2. The SMILES string of the molecule is CCNC(=NCCC(OCC)C(C)C)NCCOc1cccnc1.I. The average molecular weight is 464 g/mol. The molecule has 0 spiro atoms. The summed E-state index contributed by atoms with van der Waals surface area (Å²) in [7, 11) is 0. The minimum Gasteiger partial charge on any atom is -0.490 e. The lowest BCUT2D eigenvalue weighted by molar-refractivity contribution is 0.0266. The first-order valence-corrected chi connectivity index (χ1v) is 8.84. The van der Waals surface area contributed by atoms with Gasteiger partial charge in [0.05, 0.1) is 18.8 Å². The van der Waals surface area contributed by atoms with Crippen LogP contribution in [0.3, 0.4) is 0 Å². The summed E-state index contributed by atoms with van der Waals surface area (Å²) in [6.07, 6.45) is 4.62. The number of guanidine groups is 1. The highest BCUT2D eigenvalue weighted by atomic mass is 127. The molecule has 0 aromatic carbocycles. The molecule has 0 saturated carbocycles. The topological polar surface area (TPSA) is 67.8 Å². The van der Waals surface area contributed by atoms with Crippen LogP contribution in [0.1, 0.15) is 34.1 Å². The van der Waals surface area contributed by atoms with Crippen molar-refractivity contribution >= 4 is 29.9 Å². The molecule has 1 aromatic rings. The van der Waals surface area contributed by atoms with Crippen molar-refractivity contribution in [3.8, 4) is 5.75 Å². The highest BCUT2D eigenvalue weighted by Crippen LogP contribution is 2.10.